The molecule has 0 fully saturated rings. The van der Waals surface area contributed by atoms with Crippen LogP contribution in [0.3, 0.4) is 0 Å². The van der Waals surface area contributed by atoms with E-state index in [0.717, 1.165) is 5.69 Å². The Kier molecular flexibility index (Phi) is 10.2. The van der Waals surface area contributed by atoms with Gasteiger partial charge in [0.2, 0.25) is 0 Å². The lowest BCUT2D eigenvalue weighted by molar-refractivity contribution is 0.589. The van der Waals surface area contributed by atoms with E-state index in [1.807, 2.05) is 0 Å². The van der Waals surface area contributed by atoms with Gasteiger partial charge in [-0.15, -0.1) is 0 Å². The molecule has 0 saturated carbocycles. The van der Waals surface area contributed by atoms with E-state index in [1.165, 1.54) is 116 Å². The van der Waals surface area contributed by atoms with Crippen LogP contribution in [0.4, 0.5) is 51.2 Å². The van der Waals surface area contributed by atoms with E-state index in [0.29, 0.717) is 0 Å². The highest BCUT2D eigenvalue weighted by Crippen LogP contribution is 2.53. The lowest BCUT2D eigenvalue weighted by Gasteiger charge is -2.51. The van der Waals surface area contributed by atoms with Crippen molar-refractivity contribution in [1.82, 2.24) is 4.57 Å². The maximum Gasteiger partial charge on any atom is 0.149 e. The standard InChI is InChI=1S/C68H72N4Si/c1-64(2,3)42-24-30-47(31-25-42)69-55-36-45(67(10,11)12)38-57-61(55)73-62-56(69)37-46(68(13,14)15)39-58(62)71(49-34-28-44(29-35-49)66(7,8)9)60-41-50(72-53-22-18-16-20-51(53)52-21-17-19-23-54(52)72)40-59(63(60)73)70(57)48-32-26-43(27-33-48)65(4,5)6/h16-41,73H,1-15H3. The number of fused-ring (bicyclic) bond motifs is 3. The van der Waals surface area contributed by atoms with E-state index in [1.54, 1.807) is 0 Å². The molecule has 5 heteroatoms. The molecule has 8 aromatic carbocycles. The molecule has 9 aromatic rings. The fourth-order valence-electron chi connectivity index (χ4n) is 12.0. The van der Waals surface area contributed by atoms with Crippen LogP contribution in [0.2, 0.25) is 0 Å². The zero-order valence-corrected chi connectivity index (χ0v) is 47.0. The summed E-state index contributed by atoms with van der Waals surface area (Å²) in [5.41, 5.74) is 21.4. The van der Waals surface area contributed by atoms with Gasteiger partial charge in [0, 0.05) is 50.6 Å². The van der Waals surface area contributed by atoms with Crippen molar-refractivity contribution in [3.8, 4) is 5.69 Å². The predicted molar refractivity (Wildman–Crippen MR) is 318 cm³/mol. The number of aromatic nitrogens is 1. The minimum absolute atomic E-state index is 0.0114. The van der Waals surface area contributed by atoms with Crippen LogP contribution in [0.5, 0.6) is 0 Å². The van der Waals surface area contributed by atoms with Gasteiger partial charge in [-0.3, -0.25) is 0 Å². The lowest BCUT2D eigenvalue weighted by atomic mass is 9.84. The van der Waals surface area contributed by atoms with E-state index in [9.17, 15) is 0 Å². The van der Waals surface area contributed by atoms with Crippen LogP contribution in [0.1, 0.15) is 132 Å². The molecule has 4 nitrogen and oxygen atoms in total. The third-order valence-electron chi connectivity index (χ3n) is 16.3. The van der Waals surface area contributed by atoms with Crippen molar-refractivity contribution in [3.63, 3.8) is 0 Å². The summed E-state index contributed by atoms with van der Waals surface area (Å²) < 4.78 is 2.54. The van der Waals surface area contributed by atoms with Crippen molar-refractivity contribution in [3.05, 3.63) is 186 Å². The van der Waals surface area contributed by atoms with E-state index in [4.69, 9.17) is 0 Å². The normalized spacial score (nSPS) is 14.6. The van der Waals surface area contributed by atoms with E-state index in [-0.39, 0.29) is 27.1 Å². The third kappa shape index (κ3) is 7.43. The lowest BCUT2D eigenvalue weighted by Crippen LogP contribution is -2.65. The Bertz CT molecular complexity index is 3480. The number of hydrogen-bond acceptors (Lipinski definition) is 3. The molecule has 12 rings (SSSR count). The first-order valence-electron chi connectivity index (χ1n) is 26.6. The molecule has 0 aliphatic carbocycles. The predicted octanol–water partition coefficient (Wildman–Crippen LogP) is 16.9. The molecule has 4 heterocycles. The van der Waals surface area contributed by atoms with Gasteiger partial charge in [-0.25, -0.2) is 0 Å². The second-order valence-electron chi connectivity index (χ2n) is 26.5. The summed E-state index contributed by atoms with van der Waals surface area (Å²) in [6.45, 7) is 35.2. The number of benzene rings is 8. The monoisotopic (exact) mass is 973 g/mol. The highest BCUT2D eigenvalue weighted by Gasteiger charge is 2.49. The molecule has 3 aliphatic rings. The average molecular weight is 973 g/mol. The van der Waals surface area contributed by atoms with Crippen LogP contribution < -0.4 is 30.3 Å². The van der Waals surface area contributed by atoms with Crippen molar-refractivity contribution >= 4 is 97.3 Å². The number of nitrogens with zero attached hydrogens (tertiary/aromatic N) is 4. The number of para-hydroxylation sites is 2. The largest absolute Gasteiger partial charge is 0.311 e. The number of hydrogen-bond donors (Lipinski definition) is 0. The second-order valence-corrected chi connectivity index (χ2v) is 29.1. The van der Waals surface area contributed by atoms with E-state index < -0.39 is 8.80 Å². The molecular formula is C68H72N4Si. The molecule has 0 bridgehead atoms. The Balaban J connectivity index is 1.27. The molecule has 0 spiro atoms. The highest BCUT2D eigenvalue weighted by atomic mass is 28.3. The summed E-state index contributed by atoms with van der Waals surface area (Å²) in [6.07, 6.45) is 0. The smallest absolute Gasteiger partial charge is 0.149 e. The van der Waals surface area contributed by atoms with Crippen molar-refractivity contribution in [2.24, 2.45) is 0 Å². The molecule has 3 aliphatic heterocycles. The Hall–Kier alpha value is -6.82. The summed E-state index contributed by atoms with van der Waals surface area (Å²) in [5.74, 6) is 0. The van der Waals surface area contributed by atoms with Gasteiger partial charge in [-0.1, -0.05) is 177 Å². The molecule has 0 saturated heterocycles. The van der Waals surface area contributed by atoms with Crippen molar-refractivity contribution < 1.29 is 0 Å². The van der Waals surface area contributed by atoms with Crippen LogP contribution in [0.25, 0.3) is 27.5 Å². The van der Waals surface area contributed by atoms with E-state index in [2.05, 4.69) is 281 Å². The first-order valence-corrected chi connectivity index (χ1v) is 28.4. The molecule has 1 aromatic heterocycles. The maximum absolute atomic E-state index is 2.67. The summed E-state index contributed by atoms with van der Waals surface area (Å²) in [6, 6.07) is 61.9. The van der Waals surface area contributed by atoms with Crippen LogP contribution in [-0.4, -0.2) is 13.4 Å². The summed E-state index contributed by atoms with van der Waals surface area (Å²) in [5, 5.41) is 6.99. The van der Waals surface area contributed by atoms with Crippen molar-refractivity contribution in [1.29, 1.82) is 0 Å². The average Bonchev–Trinajstić information content (AvgIpc) is 3.67. The Morgan fingerprint density at radius 2 is 0.534 bits per heavy atom. The van der Waals surface area contributed by atoms with Crippen molar-refractivity contribution in [2.45, 2.75) is 131 Å². The van der Waals surface area contributed by atoms with E-state index >= 15 is 0 Å². The fraction of sp³-hybridized carbons (Fsp3) is 0.294. The Morgan fingerprint density at radius 1 is 0.274 bits per heavy atom. The first-order chi connectivity index (χ1) is 34.4. The Labute approximate surface area is 436 Å². The van der Waals surface area contributed by atoms with Gasteiger partial charge < -0.3 is 19.3 Å². The zero-order chi connectivity index (χ0) is 51.5. The van der Waals surface area contributed by atoms with Crippen LogP contribution >= 0.6 is 0 Å². The topological polar surface area (TPSA) is 14.7 Å². The first kappa shape index (κ1) is 47.2. The molecular weight excluding hydrogens is 901 g/mol. The summed E-state index contributed by atoms with van der Waals surface area (Å²) in [7, 11) is -2.30. The summed E-state index contributed by atoms with van der Waals surface area (Å²) in [4.78, 5) is 8.01. The van der Waals surface area contributed by atoms with Crippen LogP contribution in [0.15, 0.2) is 158 Å². The number of rotatable bonds is 4. The van der Waals surface area contributed by atoms with Gasteiger partial charge in [0.15, 0.2) is 0 Å². The van der Waals surface area contributed by atoms with Gasteiger partial charge >= 0.3 is 0 Å². The van der Waals surface area contributed by atoms with Gasteiger partial charge in [0.25, 0.3) is 0 Å². The molecule has 0 N–H and O–H groups in total. The molecule has 0 radical (unpaired) electrons. The fourth-order valence-corrected chi connectivity index (χ4v) is 16.0. The van der Waals surface area contributed by atoms with Crippen LogP contribution in [0, 0.1) is 0 Å². The zero-order valence-electron chi connectivity index (χ0n) is 45.9. The van der Waals surface area contributed by atoms with Gasteiger partial charge in [0.1, 0.15) is 8.80 Å². The number of anilines is 9. The minimum atomic E-state index is -2.30. The van der Waals surface area contributed by atoms with Crippen LogP contribution in [-0.2, 0) is 27.1 Å². The van der Waals surface area contributed by atoms with Crippen molar-refractivity contribution in [2.75, 3.05) is 14.7 Å². The molecule has 0 amide bonds. The van der Waals surface area contributed by atoms with Gasteiger partial charge in [0.05, 0.1) is 28.1 Å². The summed E-state index contributed by atoms with van der Waals surface area (Å²) >= 11 is 0. The van der Waals surface area contributed by atoms with Gasteiger partial charge in [-0.2, -0.15) is 0 Å². The molecule has 73 heavy (non-hydrogen) atoms. The second kappa shape index (κ2) is 15.8. The maximum atomic E-state index is 2.67. The molecule has 0 unspecified atom stereocenters. The minimum Gasteiger partial charge on any atom is -0.311 e. The third-order valence-corrected chi connectivity index (χ3v) is 19.8. The highest BCUT2D eigenvalue weighted by molar-refractivity contribution is 7.02. The SMILES string of the molecule is CC(C)(C)c1ccc(N2c3cc(-n4c5ccccc5c5ccccc54)cc4c3[SiH]3c5c2cc(C(C)(C)C)cc5N(c2ccc(C(C)(C)C)cc2)c2cc(C(C)(C)C)cc(c23)N4c2ccc(C(C)(C)C)cc2)cc1. The molecule has 0 atom stereocenters. The molecule has 368 valence electrons. The Morgan fingerprint density at radius 3 is 0.808 bits per heavy atom. The van der Waals surface area contributed by atoms with Gasteiger partial charge in [-0.05, 0) is 155 Å². The quantitative estimate of drug-likeness (QED) is 0.163.